The first-order chi connectivity index (χ1) is 8.09. The van der Waals surface area contributed by atoms with Crippen LogP contribution in [0.4, 0.5) is 0 Å². The molecule has 1 fully saturated rings. The molecule has 0 aromatic carbocycles. The molecule has 0 aromatic heterocycles. The molecule has 98 valence electrons. The second-order valence-corrected chi connectivity index (χ2v) is 5.26. The van der Waals surface area contributed by atoms with Crippen LogP contribution in [0.25, 0.3) is 0 Å². The van der Waals surface area contributed by atoms with Crippen LogP contribution >= 0.6 is 0 Å². The standard InChI is InChI=1S/C13H25N3O/c1-13(11-14,15-2)6-7-16(3)10-12-4-8-17-9-5-12/h12,15H,4-10H2,1-3H3. The predicted octanol–water partition coefficient (Wildman–Crippen LogP) is 1.24. The Morgan fingerprint density at radius 3 is 2.65 bits per heavy atom. The maximum absolute atomic E-state index is 9.07. The van der Waals surface area contributed by atoms with Crippen molar-refractivity contribution in [3.05, 3.63) is 0 Å². The van der Waals surface area contributed by atoms with Gasteiger partial charge in [0.2, 0.25) is 0 Å². The Hall–Kier alpha value is -0.630. The van der Waals surface area contributed by atoms with Crippen LogP contribution < -0.4 is 5.32 Å². The molecule has 0 aromatic rings. The van der Waals surface area contributed by atoms with E-state index in [1.54, 1.807) is 0 Å². The van der Waals surface area contributed by atoms with Crippen molar-refractivity contribution in [1.29, 1.82) is 5.26 Å². The van der Waals surface area contributed by atoms with E-state index >= 15 is 0 Å². The van der Waals surface area contributed by atoms with Crippen molar-refractivity contribution in [2.45, 2.75) is 31.7 Å². The Kier molecular flexibility index (Phi) is 5.90. The minimum Gasteiger partial charge on any atom is -0.381 e. The van der Waals surface area contributed by atoms with Crippen molar-refractivity contribution in [2.24, 2.45) is 5.92 Å². The summed E-state index contributed by atoms with van der Waals surface area (Å²) in [7, 11) is 3.99. The Bertz CT molecular complexity index is 258. The minimum atomic E-state index is -0.399. The average Bonchev–Trinajstić information content (AvgIpc) is 2.37. The number of nitrogens with one attached hydrogen (secondary N) is 1. The van der Waals surface area contributed by atoms with Gasteiger partial charge >= 0.3 is 0 Å². The fourth-order valence-corrected chi connectivity index (χ4v) is 2.11. The van der Waals surface area contributed by atoms with Crippen LogP contribution in [0.3, 0.4) is 0 Å². The molecule has 1 N–H and O–H groups in total. The smallest absolute Gasteiger partial charge is 0.104 e. The third-order valence-electron chi connectivity index (χ3n) is 3.70. The average molecular weight is 239 g/mol. The second-order valence-electron chi connectivity index (χ2n) is 5.26. The van der Waals surface area contributed by atoms with E-state index in [-0.39, 0.29) is 0 Å². The molecule has 4 nitrogen and oxygen atoms in total. The molecule has 0 amide bonds. The zero-order valence-electron chi connectivity index (χ0n) is 11.3. The summed E-state index contributed by atoms with van der Waals surface area (Å²) in [6.07, 6.45) is 3.21. The van der Waals surface area contributed by atoms with Gasteiger partial charge < -0.3 is 15.0 Å². The molecule has 1 heterocycles. The molecular weight excluding hydrogens is 214 g/mol. The number of rotatable bonds is 6. The number of ether oxygens (including phenoxy) is 1. The van der Waals surface area contributed by atoms with Crippen molar-refractivity contribution in [3.8, 4) is 6.07 Å². The first-order valence-electron chi connectivity index (χ1n) is 6.46. The Labute approximate surface area is 105 Å². The monoisotopic (exact) mass is 239 g/mol. The van der Waals surface area contributed by atoms with Crippen LogP contribution in [0.2, 0.25) is 0 Å². The molecule has 4 heteroatoms. The summed E-state index contributed by atoms with van der Waals surface area (Å²) in [5, 5.41) is 12.2. The van der Waals surface area contributed by atoms with Gasteiger partial charge in [0.1, 0.15) is 5.54 Å². The zero-order valence-corrected chi connectivity index (χ0v) is 11.3. The second kappa shape index (κ2) is 6.95. The quantitative estimate of drug-likeness (QED) is 0.757. The predicted molar refractivity (Wildman–Crippen MR) is 68.7 cm³/mol. The van der Waals surface area contributed by atoms with Crippen LogP contribution in [0, 0.1) is 17.2 Å². The van der Waals surface area contributed by atoms with E-state index in [1.165, 1.54) is 12.8 Å². The third kappa shape index (κ3) is 5.03. The van der Waals surface area contributed by atoms with Crippen molar-refractivity contribution in [3.63, 3.8) is 0 Å². The summed E-state index contributed by atoms with van der Waals surface area (Å²) < 4.78 is 5.36. The van der Waals surface area contributed by atoms with E-state index in [0.29, 0.717) is 0 Å². The largest absolute Gasteiger partial charge is 0.381 e. The van der Waals surface area contributed by atoms with E-state index in [1.807, 2.05) is 14.0 Å². The molecule has 1 aliphatic heterocycles. The van der Waals surface area contributed by atoms with Crippen molar-refractivity contribution < 1.29 is 4.74 Å². The Morgan fingerprint density at radius 2 is 2.12 bits per heavy atom. The fourth-order valence-electron chi connectivity index (χ4n) is 2.11. The lowest BCUT2D eigenvalue weighted by molar-refractivity contribution is 0.0551. The van der Waals surface area contributed by atoms with E-state index in [4.69, 9.17) is 10.00 Å². The zero-order chi connectivity index (χ0) is 12.7. The van der Waals surface area contributed by atoms with Gasteiger partial charge in [-0.05, 0) is 46.2 Å². The van der Waals surface area contributed by atoms with Gasteiger partial charge in [-0.15, -0.1) is 0 Å². The van der Waals surface area contributed by atoms with E-state index in [2.05, 4.69) is 23.3 Å². The molecule has 17 heavy (non-hydrogen) atoms. The van der Waals surface area contributed by atoms with Crippen LogP contribution in [0.5, 0.6) is 0 Å². The highest BCUT2D eigenvalue weighted by molar-refractivity contribution is 5.03. The molecule has 1 rings (SSSR count). The molecule has 1 atom stereocenters. The van der Waals surface area contributed by atoms with Crippen molar-refractivity contribution in [2.75, 3.05) is 40.4 Å². The van der Waals surface area contributed by atoms with Crippen LogP contribution in [0.1, 0.15) is 26.2 Å². The lowest BCUT2D eigenvalue weighted by Crippen LogP contribution is -2.42. The Morgan fingerprint density at radius 1 is 1.47 bits per heavy atom. The first kappa shape index (κ1) is 14.4. The highest BCUT2D eigenvalue weighted by atomic mass is 16.5. The molecule has 1 aliphatic rings. The molecule has 1 unspecified atom stereocenters. The van der Waals surface area contributed by atoms with Crippen LogP contribution in [0.15, 0.2) is 0 Å². The van der Waals surface area contributed by atoms with Crippen molar-refractivity contribution >= 4 is 0 Å². The highest BCUT2D eigenvalue weighted by Crippen LogP contribution is 2.16. The SMILES string of the molecule is CNC(C)(C#N)CCN(C)CC1CCOCC1. The van der Waals surface area contributed by atoms with Crippen molar-refractivity contribution in [1.82, 2.24) is 10.2 Å². The fraction of sp³-hybridized carbons (Fsp3) is 0.923. The van der Waals surface area contributed by atoms with Crippen LogP contribution in [-0.2, 0) is 4.74 Å². The molecule has 0 radical (unpaired) electrons. The lowest BCUT2D eigenvalue weighted by atomic mass is 9.98. The van der Waals surface area contributed by atoms with Gasteiger partial charge in [-0.25, -0.2) is 0 Å². The minimum absolute atomic E-state index is 0.399. The summed E-state index contributed by atoms with van der Waals surface area (Å²) in [5.74, 6) is 0.761. The molecule has 0 aliphatic carbocycles. The first-order valence-corrected chi connectivity index (χ1v) is 6.46. The summed E-state index contributed by atoms with van der Waals surface area (Å²) in [6.45, 7) is 5.85. The molecule has 1 saturated heterocycles. The molecule has 0 spiro atoms. The summed E-state index contributed by atoms with van der Waals surface area (Å²) in [4.78, 5) is 2.34. The van der Waals surface area contributed by atoms with Gasteiger partial charge in [0.05, 0.1) is 6.07 Å². The number of hydrogen-bond donors (Lipinski definition) is 1. The van der Waals surface area contributed by atoms with Gasteiger partial charge in [0.25, 0.3) is 0 Å². The summed E-state index contributed by atoms with van der Waals surface area (Å²) in [5.41, 5.74) is -0.399. The van der Waals surface area contributed by atoms with Gasteiger partial charge in [0.15, 0.2) is 0 Å². The normalized spacial score (nSPS) is 21.1. The van der Waals surface area contributed by atoms with Crippen LogP contribution in [-0.4, -0.2) is 50.8 Å². The molecule has 0 bridgehead atoms. The Balaban J connectivity index is 2.24. The third-order valence-corrected chi connectivity index (χ3v) is 3.70. The number of hydrogen-bond acceptors (Lipinski definition) is 4. The van der Waals surface area contributed by atoms with Gasteiger partial charge in [-0.1, -0.05) is 0 Å². The highest BCUT2D eigenvalue weighted by Gasteiger charge is 2.22. The summed E-state index contributed by atoms with van der Waals surface area (Å²) in [6, 6.07) is 2.33. The van der Waals surface area contributed by atoms with Gasteiger partial charge in [0, 0.05) is 26.3 Å². The topological polar surface area (TPSA) is 48.3 Å². The van der Waals surface area contributed by atoms with E-state index in [9.17, 15) is 0 Å². The van der Waals surface area contributed by atoms with E-state index < -0.39 is 5.54 Å². The lowest BCUT2D eigenvalue weighted by Gasteiger charge is -2.29. The molecule has 0 saturated carbocycles. The van der Waals surface area contributed by atoms with E-state index in [0.717, 1.165) is 38.6 Å². The number of nitriles is 1. The molecular formula is C13H25N3O. The summed E-state index contributed by atoms with van der Waals surface area (Å²) >= 11 is 0. The maximum atomic E-state index is 9.07. The number of nitrogens with zero attached hydrogens (tertiary/aromatic N) is 2. The maximum Gasteiger partial charge on any atom is 0.104 e. The van der Waals surface area contributed by atoms with Gasteiger partial charge in [-0.3, -0.25) is 0 Å². The van der Waals surface area contributed by atoms with Gasteiger partial charge in [-0.2, -0.15) is 5.26 Å².